The zero-order valence-electron chi connectivity index (χ0n) is 10.1. The number of nitrogens with two attached hydrogens (primary N) is 1. The molecule has 1 heterocycles. The average Bonchev–Trinajstić information content (AvgIpc) is 2.36. The second kappa shape index (κ2) is 5.59. The van der Waals surface area contributed by atoms with Crippen molar-refractivity contribution >= 4 is 17.6 Å². The fourth-order valence-corrected chi connectivity index (χ4v) is 1.29. The van der Waals surface area contributed by atoms with Crippen molar-refractivity contribution in [2.75, 3.05) is 17.7 Å². The highest BCUT2D eigenvalue weighted by Gasteiger charge is 2.29. The van der Waals surface area contributed by atoms with Crippen LogP contribution in [0.3, 0.4) is 0 Å². The number of alkyl halides is 3. The number of anilines is 3. The van der Waals surface area contributed by atoms with E-state index in [1.807, 2.05) is 6.07 Å². The molecule has 0 radical (unpaired) electrons. The van der Waals surface area contributed by atoms with E-state index in [9.17, 15) is 13.2 Å². The minimum atomic E-state index is -4.48. The van der Waals surface area contributed by atoms with Gasteiger partial charge >= 0.3 is 12.2 Å². The zero-order chi connectivity index (χ0) is 14.6. The zero-order valence-corrected chi connectivity index (χ0v) is 10.1. The van der Waals surface area contributed by atoms with Gasteiger partial charge in [-0.25, -0.2) is 0 Å². The number of hydrogen-bond acceptors (Lipinski definition) is 6. The van der Waals surface area contributed by atoms with Crippen LogP contribution in [0, 0.1) is 0 Å². The third-order valence-corrected chi connectivity index (χ3v) is 2.03. The topological polar surface area (TPSA) is 86.0 Å². The Labute approximate surface area is 111 Å². The first-order valence-corrected chi connectivity index (χ1v) is 5.45. The summed E-state index contributed by atoms with van der Waals surface area (Å²) >= 11 is 0. The molecule has 0 aliphatic carbocycles. The maximum Gasteiger partial charge on any atom is 0.422 e. The third-order valence-electron chi connectivity index (χ3n) is 2.03. The Balaban J connectivity index is 2.12. The van der Waals surface area contributed by atoms with E-state index in [0.29, 0.717) is 5.69 Å². The molecule has 0 saturated heterocycles. The molecule has 0 aliphatic heterocycles. The SMILES string of the molecule is Nc1nc(Nc2ccccc2)nc(OCC(F)(F)F)n1. The van der Waals surface area contributed by atoms with E-state index in [4.69, 9.17) is 5.73 Å². The Morgan fingerprint density at radius 3 is 2.45 bits per heavy atom. The van der Waals surface area contributed by atoms with Crippen LogP contribution in [0.1, 0.15) is 0 Å². The van der Waals surface area contributed by atoms with Crippen molar-refractivity contribution in [2.24, 2.45) is 0 Å². The van der Waals surface area contributed by atoms with Gasteiger partial charge in [0.05, 0.1) is 0 Å². The average molecular weight is 285 g/mol. The number of nitrogens with zero attached hydrogens (tertiary/aromatic N) is 3. The van der Waals surface area contributed by atoms with Crippen molar-refractivity contribution in [3.8, 4) is 6.01 Å². The number of para-hydroxylation sites is 1. The van der Waals surface area contributed by atoms with Crippen LogP contribution >= 0.6 is 0 Å². The number of halogens is 3. The quantitative estimate of drug-likeness (QED) is 0.895. The summed E-state index contributed by atoms with van der Waals surface area (Å²) in [6.07, 6.45) is -4.48. The van der Waals surface area contributed by atoms with Crippen molar-refractivity contribution in [3.63, 3.8) is 0 Å². The molecule has 1 aromatic heterocycles. The van der Waals surface area contributed by atoms with Crippen molar-refractivity contribution in [1.29, 1.82) is 0 Å². The predicted octanol–water partition coefficient (Wildman–Crippen LogP) is 2.14. The second-order valence-corrected chi connectivity index (χ2v) is 3.69. The predicted molar refractivity (Wildman–Crippen MR) is 65.5 cm³/mol. The summed E-state index contributed by atoms with van der Waals surface area (Å²) < 4.78 is 40.6. The van der Waals surface area contributed by atoms with Gasteiger partial charge in [-0.2, -0.15) is 28.1 Å². The minimum absolute atomic E-state index is 0.000810. The first kappa shape index (κ1) is 13.8. The van der Waals surface area contributed by atoms with Gasteiger partial charge in [0.2, 0.25) is 11.9 Å². The van der Waals surface area contributed by atoms with E-state index >= 15 is 0 Å². The van der Waals surface area contributed by atoms with Crippen molar-refractivity contribution in [3.05, 3.63) is 30.3 Å². The highest BCUT2D eigenvalue weighted by Crippen LogP contribution is 2.18. The molecule has 2 rings (SSSR count). The van der Waals surface area contributed by atoms with Crippen LogP contribution in [0.15, 0.2) is 30.3 Å². The lowest BCUT2D eigenvalue weighted by Crippen LogP contribution is -2.20. The second-order valence-electron chi connectivity index (χ2n) is 3.69. The van der Waals surface area contributed by atoms with Gasteiger partial charge in [-0.05, 0) is 12.1 Å². The summed E-state index contributed by atoms with van der Waals surface area (Å²) in [6, 6.07) is 8.33. The number of nitrogens with one attached hydrogen (secondary N) is 1. The number of nitrogen functional groups attached to an aromatic ring is 1. The standard InChI is InChI=1S/C11H10F3N5O/c12-11(13,14)6-20-10-18-8(15)17-9(19-10)16-7-4-2-1-3-5-7/h1-5H,6H2,(H3,15,16,17,18,19). The summed E-state index contributed by atoms with van der Waals surface area (Å²) in [5.74, 6) is -0.239. The Kier molecular flexibility index (Phi) is 3.87. The third kappa shape index (κ3) is 4.26. The van der Waals surface area contributed by atoms with E-state index in [2.05, 4.69) is 25.0 Å². The van der Waals surface area contributed by atoms with Crippen LogP contribution in [0.25, 0.3) is 0 Å². The lowest BCUT2D eigenvalue weighted by atomic mass is 10.3. The molecule has 106 valence electrons. The number of aromatic nitrogens is 3. The molecule has 6 nitrogen and oxygen atoms in total. The number of hydrogen-bond donors (Lipinski definition) is 2. The Morgan fingerprint density at radius 2 is 1.80 bits per heavy atom. The largest absolute Gasteiger partial charge is 0.454 e. The molecular formula is C11H10F3N5O. The fourth-order valence-electron chi connectivity index (χ4n) is 1.29. The lowest BCUT2D eigenvalue weighted by Gasteiger charge is -2.09. The van der Waals surface area contributed by atoms with Crippen LogP contribution in [-0.2, 0) is 0 Å². The number of benzene rings is 1. The highest BCUT2D eigenvalue weighted by atomic mass is 19.4. The molecule has 2 aromatic rings. The lowest BCUT2D eigenvalue weighted by molar-refractivity contribution is -0.154. The van der Waals surface area contributed by atoms with Crippen molar-refractivity contribution in [1.82, 2.24) is 15.0 Å². The molecule has 0 saturated carbocycles. The van der Waals surface area contributed by atoms with Gasteiger partial charge in [-0.15, -0.1) is 0 Å². The van der Waals surface area contributed by atoms with E-state index in [0.717, 1.165) is 0 Å². The van der Waals surface area contributed by atoms with Gasteiger partial charge in [-0.3, -0.25) is 0 Å². The summed E-state index contributed by atoms with van der Waals surface area (Å²) in [4.78, 5) is 10.9. The van der Waals surface area contributed by atoms with Crippen LogP contribution < -0.4 is 15.8 Å². The van der Waals surface area contributed by atoms with Gasteiger partial charge in [0.1, 0.15) is 0 Å². The fraction of sp³-hybridized carbons (Fsp3) is 0.182. The number of rotatable bonds is 4. The molecule has 0 aliphatic rings. The van der Waals surface area contributed by atoms with E-state index in [1.54, 1.807) is 24.3 Å². The minimum Gasteiger partial charge on any atom is -0.454 e. The Hall–Kier alpha value is -2.58. The molecule has 3 N–H and O–H groups in total. The van der Waals surface area contributed by atoms with Crippen molar-refractivity contribution in [2.45, 2.75) is 6.18 Å². The highest BCUT2D eigenvalue weighted by molar-refractivity contribution is 5.53. The molecule has 1 aromatic carbocycles. The van der Waals surface area contributed by atoms with E-state index in [1.165, 1.54) is 0 Å². The molecule has 0 bridgehead atoms. The van der Waals surface area contributed by atoms with Gasteiger partial charge in [-0.1, -0.05) is 18.2 Å². The molecule has 0 fully saturated rings. The van der Waals surface area contributed by atoms with Crippen LogP contribution in [-0.4, -0.2) is 27.7 Å². The summed E-state index contributed by atoms with van der Waals surface area (Å²) in [6.45, 7) is -1.50. The van der Waals surface area contributed by atoms with Gasteiger partial charge in [0.25, 0.3) is 0 Å². The Bertz CT molecular complexity index is 576. The van der Waals surface area contributed by atoms with Crippen LogP contribution in [0.2, 0.25) is 0 Å². The first-order chi connectivity index (χ1) is 9.42. The summed E-state index contributed by atoms with van der Waals surface area (Å²) in [5.41, 5.74) is 6.04. The Morgan fingerprint density at radius 1 is 1.10 bits per heavy atom. The maximum atomic E-state index is 12.0. The van der Waals surface area contributed by atoms with Crippen LogP contribution in [0.5, 0.6) is 6.01 Å². The summed E-state index contributed by atoms with van der Waals surface area (Å²) in [5, 5.41) is 2.78. The van der Waals surface area contributed by atoms with Crippen molar-refractivity contribution < 1.29 is 17.9 Å². The maximum absolute atomic E-state index is 12.0. The molecular weight excluding hydrogens is 275 g/mol. The molecule has 0 atom stereocenters. The summed E-state index contributed by atoms with van der Waals surface area (Å²) in [7, 11) is 0. The molecule has 0 spiro atoms. The smallest absolute Gasteiger partial charge is 0.422 e. The normalized spacial score (nSPS) is 11.2. The first-order valence-electron chi connectivity index (χ1n) is 5.45. The van der Waals surface area contributed by atoms with Gasteiger partial charge in [0, 0.05) is 5.69 Å². The molecule has 9 heteroatoms. The van der Waals surface area contributed by atoms with Gasteiger partial charge < -0.3 is 15.8 Å². The van der Waals surface area contributed by atoms with E-state index < -0.39 is 18.8 Å². The molecule has 20 heavy (non-hydrogen) atoms. The monoisotopic (exact) mass is 285 g/mol. The molecule has 0 amide bonds. The van der Waals surface area contributed by atoms with Crippen LogP contribution in [0.4, 0.5) is 30.8 Å². The molecule has 0 unspecified atom stereocenters. The number of ether oxygens (including phenoxy) is 1. The van der Waals surface area contributed by atoms with Gasteiger partial charge in [0.15, 0.2) is 6.61 Å². The van der Waals surface area contributed by atoms with E-state index in [-0.39, 0.29) is 11.9 Å².